The fraction of sp³-hybridized carbons (Fsp3) is 0.333. The van der Waals surface area contributed by atoms with Gasteiger partial charge in [-0.25, -0.2) is 9.18 Å². The van der Waals surface area contributed by atoms with Gasteiger partial charge in [0.25, 0.3) is 5.91 Å². The van der Waals surface area contributed by atoms with Gasteiger partial charge in [0.05, 0.1) is 0 Å². The third-order valence-corrected chi connectivity index (χ3v) is 3.13. The van der Waals surface area contributed by atoms with E-state index in [4.69, 9.17) is 16.7 Å². The summed E-state index contributed by atoms with van der Waals surface area (Å²) in [5.41, 5.74) is 0.0770. The number of carboxylic acid groups (broad SMARTS) is 1. The lowest BCUT2D eigenvalue weighted by atomic mass is 10.1. The number of nitrogens with zero attached hydrogens (tertiary/aromatic N) is 1. The number of hydrogen-bond acceptors (Lipinski definition) is 2. The zero-order chi connectivity index (χ0) is 13.3. The molecule has 0 unspecified atom stereocenters. The molecule has 1 atom stereocenters. The minimum Gasteiger partial charge on any atom is -0.480 e. The second kappa shape index (κ2) is 4.94. The second-order valence-electron chi connectivity index (χ2n) is 4.15. The minimum absolute atomic E-state index is 0.0770. The summed E-state index contributed by atoms with van der Waals surface area (Å²) in [4.78, 5) is 24.3. The number of hydrogen-bond donors (Lipinski definition) is 1. The summed E-state index contributed by atoms with van der Waals surface area (Å²) in [6.45, 7) is 0.365. The smallest absolute Gasteiger partial charge is 0.326 e. The molecule has 96 valence electrons. The van der Waals surface area contributed by atoms with Crippen molar-refractivity contribution in [1.29, 1.82) is 0 Å². The molecule has 1 N–H and O–H groups in total. The first-order chi connectivity index (χ1) is 8.49. The molecular formula is C12H11ClFNO3. The SMILES string of the molecule is O=C(O)[C@H]1CCCN1C(=O)c1cc(F)cc(Cl)c1. The zero-order valence-corrected chi connectivity index (χ0v) is 10.2. The number of carboxylic acids is 1. The van der Waals surface area contributed by atoms with E-state index in [1.54, 1.807) is 0 Å². The molecule has 1 saturated heterocycles. The Balaban J connectivity index is 2.28. The number of carbonyl (C=O) groups is 2. The van der Waals surface area contributed by atoms with Crippen LogP contribution in [0.25, 0.3) is 0 Å². The quantitative estimate of drug-likeness (QED) is 0.897. The van der Waals surface area contributed by atoms with Crippen molar-refractivity contribution < 1.29 is 19.1 Å². The summed E-state index contributed by atoms with van der Waals surface area (Å²) in [6, 6.07) is 2.66. The molecule has 1 amide bonds. The van der Waals surface area contributed by atoms with Gasteiger partial charge >= 0.3 is 5.97 Å². The Hall–Kier alpha value is -1.62. The lowest BCUT2D eigenvalue weighted by Gasteiger charge is -2.21. The average Bonchev–Trinajstić information content (AvgIpc) is 2.75. The van der Waals surface area contributed by atoms with Crippen molar-refractivity contribution in [2.75, 3.05) is 6.54 Å². The number of rotatable bonds is 2. The number of halogens is 2. The molecule has 0 aromatic heterocycles. The van der Waals surface area contributed by atoms with Crippen LogP contribution in [0.2, 0.25) is 5.02 Å². The van der Waals surface area contributed by atoms with Gasteiger partial charge in [-0.15, -0.1) is 0 Å². The molecule has 1 aliphatic heterocycles. The minimum atomic E-state index is -1.04. The van der Waals surface area contributed by atoms with Crippen LogP contribution in [0.15, 0.2) is 18.2 Å². The highest BCUT2D eigenvalue weighted by Gasteiger charge is 2.34. The van der Waals surface area contributed by atoms with Crippen LogP contribution in [0.5, 0.6) is 0 Å². The first kappa shape index (κ1) is 12.8. The zero-order valence-electron chi connectivity index (χ0n) is 9.40. The number of likely N-dealkylation sites (tertiary alicyclic amines) is 1. The molecule has 0 spiro atoms. The number of aliphatic carboxylic acids is 1. The lowest BCUT2D eigenvalue weighted by molar-refractivity contribution is -0.141. The van der Waals surface area contributed by atoms with Crippen molar-refractivity contribution in [3.63, 3.8) is 0 Å². The fourth-order valence-corrected chi connectivity index (χ4v) is 2.33. The van der Waals surface area contributed by atoms with E-state index >= 15 is 0 Å². The Morgan fingerprint density at radius 1 is 1.39 bits per heavy atom. The van der Waals surface area contributed by atoms with E-state index in [1.165, 1.54) is 11.0 Å². The molecule has 1 aromatic rings. The Morgan fingerprint density at radius 2 is 2.11 bits per heavy atom. The summed E-state index contributed by atoms with van der Waals surface area (Å²) >= 11 is 5.67. The lowest BCUT2D eigenvalue weighted by Crippen LogP contribution is -2.40. The van der Waals surface area contributed by atoms with Gasteiger partial charge in [-0.3, -0.25) is 4.79 Å². The molecule has 0 aliphatic carbocycles. The number of carbonyl (C=O) groups excluding carboxylic acids is 1. The van der Waals surface area contributed by atoms with Crippen molar-refractivity contribution in [2.24, 2.45) is 0 Å². The van der Waals surface area contributed by atoms with Crippen LogP contribution in [-0.2, 0) is 4.79 Å². The Morgan fingerprint density at radius 3 is 2.72 bits per heavy atom. The summed E-state index contributed by atoms with van der Waals surface area (Å²) in [5.74, 6) is -2.15. The molecule has 1 aromatic carbocycles. The van der Waals surface area contributed by atoms with Gasteiger partial charge in [0.1, 0.15) is 11.9 Å². The molecule has 18 heavy (non-hydrogen) atoms. The summed E-state index contributed by atoms with van der Waals surface area (Å²) in [5, 5.41) is 9.11. The molecule has 1 fully saturated rings. The van der Waals surface area contributed by atoms with E-state index in [0.29, 0.717) is 19.4 Å². The molecule has 1 heterocycles. The van der Waals surface area contributed by atoms with Crippen LogP contribution in [0.1, 0.15) is 23.2 Å². The second-order valence-corrected chi connectivity index (χ2v) is 4.59. The van der Waals surface area contributed by atoms with Crippen LogP contribution in [0.4, 0.5) is 4.39 Å². The summed E-state index contributed by atoms with van der Waals surface area (Å²) in [7, 11) is 0. The molecule has 6 heteroatoms. The van der Waals surface area contributed by atoms with Gasteiger partial charge in [0, 0.05) is 17.1 Å². The molecule has 0 radical (unpaired) electrons. The first-order valence-electron chi connectivity index (χ1n) is 5.49. The maximum absolute atomic E-state index is 13.2. The van der Waals surface area contributed by atoms with Crippen LogP contribution >= 0.6 is 11.6 Å². The van der Waals surface area contributed by atoms with E-state index < -0.39 is 23.7 Å². The van der Waals surface area contributed by atoms with Crippen LogP contribution in [0, 0.1) is 5.82 Å². The van der Waals surface area contributed by atoms with Gasteiger partial charge in [-0.2, -0.15) is 0 Å². The van der Waals surface area contributed by atoms with E-state index in [0.717, 1.165) is 12.1 Å². The van der Waals surface area contributed by atoms with E-state index in [2.05, 4.69) is 0 Å². The highest BCUT2D eigenvalue weighted by atomic mass is 35.5. The molecule has 0 bridgehead atoms. The third-order valence-electron chi connectivity index (χ3n) is 2.91. The topological polar surface area (TPSA) is 57.6 Å². The van der Waals surface area contributed by atoms with Gasteiger partial charge in [0.2, 0.25) is 0 Å². The summed E-state index contributed by atoms with van der Waals surface area (Å²) in [6.07, 6.45) is 1.05. The molecular weight excluding hydrogens is 261 g/mol. The fourth-order valence-electron chi connectivity index (χ4n) is 2.11. The monoisotopic (exact) mass is 271 g/mol. The van der Waals surface area contributed by atoms with Crippen molar-refractivity contribution in [1.82, 2.24) is 4.90 Å². The molecule has 2 rings (SSSR count). The predicted octanol–water partition coefficient (Wildman–Crippen LogP) is 2.17. The molecule has 0 saturated carbocycles. The van der Waals surface area contributed by atoms with Crippen LogP contribution in [0.3, 0.4) is 0 Å². The van der Waals surface area contributed by atoms with Crippen LogP contribution in [-0.4, -0.2) is 34.5 Å². The van der Waals surface area contributed by atoms with E-state index in [-0.39, 0.29) is 10.6 Å². The highest BCUT2D eigenvalue weighted by Crippen LogP contribution is 2.22. The van der Waals surface area contributed by atoms with Crippen molar-refractivity contribution in [3.05, 3.63) is 34.6 Å². The van der Waals surface area contributed by atoms with Crippen molar-refractivity contribution in [3.8, 4) is 0 Å². The van der Waals surface area contributed by atoms with E-state index in [9.17, 15) is 14.0 Å². The van der Waals surface area contributed by atoms with Crippen molar-refractivity contribution in [2.45, 2.75) is 18.9 Å². The van der Waals surface area contributed by atoms with E-state index in [1.807, 2.05) is 0 Å². The number of amides is 1. The maximum Gasteiger partial charge on any atom is 0.326 e. The molecule has 4 nitrogen and oxygen atoms in total. The first-order valence-corrected chi connectivity index (χ1v) is 5.86. The predicted molar refractivity (Wildman–Crippen MR) is 63.1 cm³/mol. The van der Waals surface area contributed by atoms with Gasteiger partial charge in [0.15, 0.2) is 0 Å². The Kier molecular flexibility index (Phi) is 3.52. The normalized spacial score (nSPS) is 19.0. The third kappa shape index (κ3) is 2.46. The van der Waals surface area contributed by atoms with Gasteiger partial charge < -0.3 is 10.0 Å². The maximum atomic E-state index is 13.2. The average molecular weight is 272 g/mol. The van der Waals surface area contributed by atoms with Crippen LogP contribution < -0.4 is 0 Å². The number of benzene rings is 1. The highest BCUT2D eigenvalue weighted by molar-refractivity contribution is 6.31. The molecule has 1 aliphatic rings. The van der Waals surface area contributed by atoms with Crippen molar-refractivity contribution >= 4 is 23.5 Å². The Labute approximate surface area is 108 Å². The largest absolute Gasteiger partial charge is 0.480 e. The standard InChI is InChI=1S/C12H11ClFNO3/c13-8-4-7(5-9(14)6-8)11(16)15-3-1-2-10(15)12(17)18/h4-6,10H,1-3H2,(H,17,18)/t10-/m1/s1. The van der Waals surface area contributed by atoms with Gasteiger partial charge in [-0.1, -0.05) is 11.6 Å². The van der Waals surface area contributed by atoms with Gasteiger partial charge in [-0.05, 0) is 31.0 Å². The Bertz CT molecular complexity index is 486. The summed E-state index contributed by atoms with van der Waals surface area (Å²) < 4.78 is 13.2.